The Morgan fingerprint density at radius 2 is 1.60 bits per heavy atom. The number of nitrogens with zero attached hydrogens (tertiary/aromatic N) is 1. The lowest BCUT2D eigenvalue weighted by molar-refractivity contribution is -0.302. The maximum Gasteiger partial charge on any atom is 0.329 e. The lowest BCUT2D eigenvalue weighted by atomic mass is 9.81. The van der Waals surface area contributed by atoms with E-state index in [1.807, 2.05) is 32.9 Å². The highest BCUT2D eigenvalue weighted by Gasteiger charge is 2.56. The summed E-state index contributed by atoms with van der Waals surface area (Å²) in [4.78, 5) is 57.8. The molecule has 3 heterocycles. The van der Waals surface area contributed by atoms with Crippen LogP contribution in [0.1, 0.15) is 105 Å². The third-order valence-electron chi connectivity index (χ3n) is 12.9. The van der Waals surface area contributed by atoms with Crippen LogP contribution in [-0.2, 0) is 42.9 Å². The van der Waals surface area contributed by atoms with Crippen molar-refractivity contribution in [3.63, 3.8) is 0 Å². The number of piperidine rings is 1. The summed E-state index contributed by atoms with van der Waals surface area (Å²) in [5.41, 5.74) is 1.61. The lowest BCUT2D eigenvalue weighted by Gasteiger charge is -2.47. The first kappa shape index (κ1) is 46.9. The van der Waals surface area contributed by atoms with E-state index in [0.717, 1.165) is 5.57 Å². The second-order valence-electron chi connectivity index (χ2n) is 17.3. The van der Waals surface area contributed by atoms with Crippen molar-refractivity contribution < 1.29 is 58.2 Å². The molecule has 4 aliphatic rings. The third-order valence-corrected chi connectivity index (χ3v) is 12.9. The average Bonchev–Trinajstić information content (AvgIpc) is 3.18. The number of carbonyl (C=O) groups is 4. The van der Waals surface area contributed by atoms with Gasteiger partial charge in [-0.15, -0.1) is 6.58 Å². The van der Waals surface area contributed by atoms with E-state index in [1.54, 1.807) is 27.0 Å². The van der Waals surface area contributed by atoms with Crippen molar-refractivity contribution in [3.05, 3.63) is 36.0 Å². The fraction of sp³-hybridized carbons (Fsp3) is 0.773. The molecule has 57 heavy (non-hydrogen) atoms. The van der Waals surface area contributed by atoms with E-state index in [0.29, 0.717) is 56.9 Å². The molecule has 2 bridgehead atoms. The molecule has 0 radical (unpaired) electrons. The van der Waals surface area contributed by atoms with Crippen molar-refractivity contribution in [3.8, 4) is 0 Å². The number of amides is 1. The minimum Gasteiger partial charge on any atom is -0.456 e. The number of methoxy groups -OCH3 is 3. The van der Waals surface area contributed by atoms with Crippen LogP contribution in [0.2, 0.25) is 0 Å². The van der Waals surface area contributed by atoms with Gasteiger partial charge in [0.25, 0.3) is 11.7 Å². The van der Waals surface area contributed by atoms with Gasteiger partial charge in [0.15, 0.2) is 0 Å². The lowest BCUT2D eigenvalue weighted by Crippen LogP contribution is -2.64. The monoisotopic (exact) mass is 803 g/mol. The maximum atomic E-state index is 14.3. The Morgan fingerprint density at radius 3 is 2.25 bits per heavy atom. The van der Waals surface area contributed by atoms with Gasteiger partial charge in [-0.2, -0.15) is 0 Å². The van der Waals surface area contributed by atoms with Gasteiger partial charge in [-0.05, 0) is 95.5 Å². The summed E-state index contributed by atoms with van der Waals surface area (Å²) in [7, 11) is 4.61. The van der Waals surface area contributed by atoms with Crippen LogP contribution in [0.25, 0.3) is 0 Å². The van der Waals surface area contributed by atoms with Crippen LogP contribution in [0.3, 0.4) is 0 Å². The van der Waals surface area contributed by atoms with Gasteiger partial charge in [-0.25, -0.2) is 4.79 Å². The van der Waals surface area contributed by atoms with Crippen LogP contribution < -0.4 is 0 Å². The maximum absolute atomic E-state index is 14.3. The molecule has 5 unspecified atom stereocenters. The second kappa shape index (κ2) is 21.0. The van der Waals surface area contributed by atoms with Gasteiger partial charge in [-0.1, -0.05) is 44.6 Å². The first-order valence-electron chi connectivity index (χ1n) is 20.9. The van der Waals surface area contributed by atoms with Crippen LogP contribution >= 0.6 is 0 Å². The molecular weight excluding hydrogens is 734 g/mol. The zero-order valence-electron chi connectivity index (χ0n) is 35.4. The van der Waals surface area contributed by atoms with Crippen molar-refractivity contribution in [1.82, 2.24) is 4.90 Å². The summed E-state index contributed by atoms with van der Waals surface area (Å²) >= 11 is 0. The number of allylic oxidation sites excluding steroid dienone is 4. The van der Waals surface area contributed by atoms with Crippen molar-refractivity contribution in [2.45, 2.75) is 160 Å². The van der Waals surface area contributed by atoms with Crippen LogP contribution in [0.5, 0.6) is 0 Å². The fourth-order valence-electron chi connectivity index (χ4n) is 9.42. The predicted octanol–water partition coefficient (Wildman–Crippen LogP) is 4.64. The number of aliphatic hydroxyl groups is 3. The first-order chi connectivity index (χ1) is 27.0. The molecule has 13 nitrogen and oxygen atoms in total. The van der Waals surface area contributed by atoms with E-state index in [9.17, 15) is 34.5 Å². The number of Topliss-reactive ketones (excluding diaryl/α,β-unsaturated/α-hetero) is 2. The normalized spacial score (nSPS) is 41.0. The predicted molar refractivity (Wildman–Crippen MR) is 213 cm³/mol. The van der Waals surface area contributed by atoms with E-state index in [1.165, 1.54) is 19.1 Å². The largest absolute Gasteiger partial charge is 0.456 e. The molecule has 14 atom stereocenters. The van der Waals surface area contributed by atoms with Crippen LogP contribution in [-0.4, -0.2) is 126 Å². The highest BCUT2D eigenvalue weighted by atomic mass is 16.7. The van der Waals surface area contributed by atoms with Crippen LogP contribution in [0.4, 0.5) is 0 Å². The molecule has 1 aliphatic carbocycles. The highest BCUT2D eigenvalue weighted by Crippen LogP contribution is 2.39. The molecule has 3 aliphatic heterocycles. The number of rotatable bonds is 7. The molecule has 0 aromatic heterocycles. The smallest absolute Gasteiger partial charge is 0.329 e. The van der Waals surface area contributed by atoms with Gasteiger partial charge in [0, 0.05) is 52.0 Å². The summed E-state index contributed by atoms with van der Waals surface area (Å²) in [6, 6.07) is -1.14. The molecule has 2 saturated heterocycles. The summed E-state index contributed by atoms with van der Waals surface area (Å²) < 4.78 is 29.7. The third kappa shape index (κ3) is 11.3. The Labute approximate surface area is 339 Å². The molecule has 0 spiro atoms. The van der Waals surface area contributed by atoms with Gasteiger partial charge in [0.1, 0.15) is 24.0 Å². The van der Waals surface area contributed by atoms with Gasteiger partial charge in [-0.3, -0.25) is 14.4 Å². The van der Waals surface area contributed by atoms with E-state index in [4.69, 9.17) is 23.7 Å². The summed E-state index contributed by atoms with van der Waals surface area (Å²) in [6.07, 6.45) is 4.93. The Kier molecular flexibility index (Phi) is 17.2. The number of carbonyl (C=O) groups excluding carboxylic acids is 4. The number of hydrogen-bond acceptors (Lipinski definition) is 12. The topological polar surface area (TPSA) is 178 Å². The molecule has 3 N–H and O–H groups in total. The molecule has 322 valence electrons. The van der Waals surface area contributed by atoms with Crippen LogP contribution in [0, 0.1) is 29.6 Å². The molecule has 1 saturated carbocycles. The number of ether oxygens (including phenoxy) is 5. The fourth-order valence-corrected chi connectivity index (χ4v) is 9.42. The number of esters is 1. The second-order valence-corrected chi connectivity index (χ2v) is 17.3. The number of cyclic esters (lactones) is 1. The minimum atomic E-state index is -2.51. The Balaban J connectivity index is 1.78. The number of aliphatic hydroxyl groups excluding tert-OH is 2. The summed E-state index contributed by atoms with van der Waals surface area (Å²) in [5, 5.41) is 34.1. The first-order valence-corrected chi connectivity index (χ1v) is 20.9. The van der Waals surface area contributed by atoms with E-state index in [2.05, 4.69) is 6.58 Å². The zero-order chi connectivity index (χ0) is 42.2. The van der Waals surface area contributed by atoms with E-state index >= 15 is 0 Å². The van der Waals surface area contributed by atoms with Gasteiger partial charge >= 0.3 is 5.97 Å². The van der Waals surface area contributed by atoms with Gasteiger partial charge in [0.05, 0.1) is 30.5 Å². The molecular formula is C44H69NO12. The number of hydrogen-bond donors (Lipinski definition) is 3. The molecule has 13 heteroatoms. The quantitative estimate of drug-likeness (QED) is 0.185. The molecule has 4 rings (SSSR count). The molecule has 0 aromatic rings. The van der Waals surface area contributed by atoms with Crippen molar-refractivity contribution in [2.75, 3.05) is 27.9 Å². The SMILES string of the molecule is C=CCC1/C=C(\C)C[C@H](C)C[C@H](OC)C2OC(O)(C(=O)C(=O)N3CCCCC3C(=O)O[C@H](/C(C)=C/[C@@H]3CC[C@@H](O)[C@H](OC)C3)[C@H](C)[C@@H](O)CC1=O)C(C)C[C@@H]2OC. The summed E-state index contributed by atoms with van der Waals surface area (Å²) in [5.74, 6) is -7.76. The van der Waals surface area contributed by atoms with E-state index < -0.39 is 83.9 Å². The van der Waals surface area contributed by atoms with Crippen molar-refractivity contribution in [1.29, 1.82) is 0 Å². The molecule has 3 fully saturated rings. The Hall–Kier alpha value is -2.78. The minimum absolute atomic E-state index is 0.00988. The van der Waals surface area contributed by atoms with Crippen molar-refractivity contribution >= 4 is 23.4 Å². The van der Waals surface area contributed by atoms with Gasteiger partial charge in [0.2, 0.25) is 5.79 Å². The zero-order valence-corrected chi connectivity index (χ0v) is 35.4. The van der Waals surface area contributed by atoms with Crippen LogP contribution in [0.15, 0.2) is 36.0 Å². The molecule has 0 aromatic carbocycles. The molecule has 1 amide bonds. The standard InChI is InChI=1S/C44H69NO12/c1-10-13-31-19-25(2)18-26(3)20-37(54-8)40-38(55-9)22-28(5)44(52,57-40)41(49)42(50)45-17-12-11-14-32(45)43(51)56-39(29(6)34(47)24-35(31)48)27(4)21-30-15-16-33(46)36(23-30)53-7/h10,19,21,26,28-34,36-40,46-47,52H,1,11-18,20,22-24H2,2-9H3/b25-19+,27-21+/t26-,28?,29+,30-,31?,32?,33+,34-,36+,37-,38-,39+,40?,44?/m0/s1. The number of ketones is 2. The Bertz CT molecular complexity index is 1480. The van der Waals surface area contributed by atoms with Gasteiger partial charge < -0.3 is 43.9 Å². The van der Waals surface area contributed by atoms with E-state index in [-0.39, 0.29) is 49.5 Å². The summed E-state index contributed by atoms with van der Waals surface area (Å²) in [6.45, 7) is 13.1. The average molecular weight is 804 g/mol. The number of fused-ring (bicyclic) bond motifs is 3. The van der Waals surface area contributed by atoms with Crippen molar-refractivity contribution in [2.24, 2.45) is 29.6 Å². The highest BCUT2D eigenvalue weighted by molar-refractivity contribution is 6.39. The Morgan fingerprint density at radius 1 is 0.930 bits per heavy atom.